The molecule has 120 valence electrons. The predicted molar refractivity (Wildman–Crippen MR) is 88.0 cm³/mol. The quantitative estimate of drug-likeness (QED) is 0.943. The highest BCUT2D eigenvalue weighted by molar-refractivity contribution is 5.84. The van der Waals surface area contributed by atoms with Crippen molar-refractivity contribution in [3.8, 4) is 0 Å². The zero-order chi connectivity index (χ0) is 16.1. The molecule has 2 aromatic rings. The van der Waals surface area contributed by atoms with Crippen LogP contribution in [0.1, 0.15) is 23.1 Å². The second-order valence-corrected chi connectivity index (χ2v) is 5.68. The van der Waals surface area contributed by atoms with E-state index in [2.05, 4.69) is 0 Å². The Bertz CT molecular complexity index is 624. The molecule has 0 saturated carbocycles. The fourth-order valence-electron chi connectivity index (χ4n) is 2.94. The molecule has 2 atom stereocenters. The SMILES string of the molecule is O=C([C@H](c1ccccc1)[C@@H](O)c1ccccc1)N1CCOCC1. The number of amides is 1. The van der Waals surface area contributed by atoms with Crippen molar-refractivity contribution in [2.45, 2.75) is 12.0 Å². The van der Waals surface area contributed by atoms with Gasteiger partial charge in [0.1, 0.15) is 0 Å². The van der Waals surface area contributed by atoms with E-state index in [9.17, 15) is 9.90 Å². The van der Waals surface area contributed by atoms with Crippen LogP contribution in [0.2, 0.25) is 0 Å². The van der Waals surface area contributed by atoms with Crippen LogP contribution in [-0.4, -0.2) is 42.2 Å². The highest BCUT2D eigenvalue weighted by Gasteiger charge is 2.33. The van der Waals surface area contributed by atoms with Gasteiger partial charge >= 0.3 is 0 Å². The van der Waals surface area contributed by atoms with E-state index in [1.807, 2.05) is 60.7 Å². The first-order valence-electron chi connectivity index (χ1n) is 7.92. The van der Waals surface area contributed by atoms with Crippen molar-refractivity contribution in [2.24, 2.45) is 0 Å². The first-order valence-corrected chi connectivity index (χ1v) is 7.92. The van der Waals surface area contributed by atoms with Crippen LogP contribution in [0.25, 0.3) is 0 Å². The number of ether oxygens (including phenoxy) is 1. The van der Waals surface area contributed by atoms with Gasteiger partial charge in [-0.15, -0.1) is 0 Å². The zero-order valence-corrected chi connectivity index (χ0v) is 13.0. The molecule has 1 aliphatic heterocycles. The lowest BCUT2D eigenvalue weighted by Gasteiger charge is -2.32. The second-order valence-electron chi connectivity index (χ2n) is 5.68. The third-order valence-corrected chi connectivity index (χ3v) is 4.20. The molecule has 23 heavy (non-hydrogen) atoms. The number of carbonyl (C=O) groups excluding carboxylic acids is 1. The second kappa shape index (κ2) is 7.40. The molecule has 1 saturated heterocycles. The number of carbonyl (C=O) groups is 1. The lowest BCUT2D eigenvalue weighted by molar-refractivity contribution is -0.139. The lowest BCUT2D eigenvalue weighted by atomic mass is 9.88. The van der Waals surface area contributed by atoms with Gasteiger partial charge in [0, 0.05) is 13.1 Å². The largest absolute Gasteiger partial charge is 0.387 e. The molecule has 1 heterocycles. The number of benzene rings is 2. The van der Waals surface area contributed by atoms with Crippen molar-refractivity contribution in [1.29, 1.82) is 0 Å². The Morgan fingerprint density at radius 2 is 1.43 bits per heavy atom. The van der Waals surface area contributed by atoms with E-state index in [0.717, 1.165) is 11.1 Å². The molecule has 0 aromatic heterocycles. The molecule has 0 radical (unpaired) electrons. The molecule has 1 aliphatic rings. The first-order chi connectivity index (χ1) is 11.3. The van der Waals surface area contributed by atoms with Crippen molar-refractivity contribution in [3.05, 3.63) is 71.8 Å². The van der Waals surface area contributed by atoms with Crippen molar-refractivity contribution < 1.29 is 14.6 Å². The normalized spacial score (nSPS) is 17.5. The van der Waals surface area contributed by atoms with E-state index in [1.54, 1.807) is 4.90 Å². The summed E-state index contributed by atoms with van der Waals surface area (Å²) in [5.74, 6) is -0.646. The Labute approximate surface area is 136 Å². The maximum Gasteiger partial charge on any atom is 0.233 e. The van der Waals surface area contributed by atoms with Crippen LogP contribution in [-0.2, 0) is 9.53 Å². The molecule has 3 rings (SSSR count). The molecule has 0 spiro atoms. The van der Waals surface area contributed by atoms with Crippen molar-refractivity contribution >= 4 is 5.91 Å². The van der Waals surface area contributed by atoms with E-state index in [-0.39, 0.29) is 5.91 Å². The smallest absolute Gasteiger partial charge is 0.233 e. The molecule has 1 N–H and O–H groups in total. The molecule has 4 heteroatoms. The van der Waals surface area contributed by atoms with E-state index < -0.39 is 12.0 Å². The Balaban J connectivity index is 1.92. The number of rotatable bonds is 4. The number of hydrogen-bond acceptors (Lipinski definition) is 3. The zero-order valence-electron chi connectivity index (χ0n) is 13.0. The van der Waals surface area contributed by atoms with Gasteiger partial charge in [0.15, 0.2) is 0 Å². The summed E-state index contributed by atoms with van der Waals surface area (Å²) in [6, 6.07) is 18.9. The summed E-state index contributed by atoms with van der Waals surface area (Å²) < 4.78 is 5.32. The van der Waals surface area contributed by atoms with Crippen molar-refractivity contribution in [1.82, 2.24) is 4.90 Å². The average Bonchev–Trinajstić information content (AvgIpc) is 2.64. The Hall–Kier alpha value is -2.17. The standard InChI is InChI=1S/C19H21NO3/c21-18(16-9-5-2-6-10-16)17(15-7-3-1-4-8-15)19(22)20-11-13-23-14-12-20/h1-10,17-18,21H,11-14H2/t17-,18+/m1/s1. The van der Waals surface area contributed by atoms with Crippen LogP contribution in [0.15, 0.2) is 60.7 Å². The van der Waals surface area contributed by atoms with Gasteiger partial charge in [-0.3, -0.25) is 4.79 Å². The highest BCUT2D eigenvalue weighted by atomic mass is 16.5. The Morgan fingerprint density at radius 1 is 0.913 bits per heavy atom. The van der Waals surface area contributed by atoms with Gasteiger partial charge in [-0.05, 0) is 11.1 Å². The van der Waals surface area contributed by atoms with Crippen LogP contribution < -0.4 is 0 Å². The third-order valence-electron chi connectivity index (χ3n) is 4.20. The highest BCUT2D eigenvalue weighted by Crippen LogP contribution is 2.32. The topological polar surface area (TPSA) is 49.8 Å². The fourth-order valence-corrected chi connectivity index (χ4v) is 2.94. The molecule has 0 aliphatic carbocycles. The first kappa shape index (κ1) is 15.7. The third kappa shape index (κ3) is 3.60. The maximum absolute atomic E-state index is 13.0. The van der Waals surface area contributed by atoms with E-state index >= 15 is 0 Å². The molecule has 4 nitrogen and oxygen atoms in total. The molecule has 0 unspecified atom stereocenters. The number of aliphatic hydroxyl groups excluding tert-OH is 1. The van der Waals surface area contributed by atoms with Gasteiger partial charge in [-0.2, -0.15) is 0 Å². The van der Waals surface area contributed by atoms with Crippen molar-refractivity contribution in [3.63, 3.8) is 0 Å². The number of nitrogens with zero attached hydrogens (tertiary/aromatic N) is 1. The summed E-state index contributed by atoms with van der Waals surface area (Å²) in [6.45, 7) is 2.25. The number of aliphatic hydroxyl groups is 1. The minimum Gasteiger partial charge on any atom is -0.387 e. The Kier molecular flexibility index (Phi) is 5.05. The summed E-state index contributed by atoms with van der Waals surface area (Å²) in [4.78, 5) is 14.8. The number of morpholine rings is 1. The average molecular weight is 311 g/mol. The maximum atomic E-state index is 13.0. The number of hydrogen-bond donors (Lipinski definition) is 1. The Morgan fingerprint density at radius 3 is 2.00 bits per heavy atom. The predicted octanol–water partition coefficient (Wildman–Crippen LogP) is 2.36. The molecular weight excluding hydrogens is 290 g/mol. The van der Waals surface area contributed by atoms with Gasteiger partial charge < -0.3 is 14.7 Å². The lowest BCUT2D eigenvalue weighted by Crippen LogP contribution is -2.44. The van der Waals surface area contributed by atoms with Crippen LogP contribution in [0.3, 0.4) is 0 Å². The van der Waals surface area contributed by atoms with E-state index in [4.69, 9.17) is 4.74 Å². The van der Waals surface area contributed by atoms with Gasteiger partial charge in [-0.25, -0.2) is 0 Å². The van der Waals surface area contributed by atoms with Gasteiger partial charge in [0.2, 0.25) is 5.91 Å². The monoisotopic (exact) mass is 311 g/mol. The van der Waals surface area contributed by atoms with Crippen molar-refractivity contribution in [2.75, 3.05) is 26.3 Å². The molecule has 2 aromatic carbocycles. The summed E-state index contributed by atoms with van der Waals surface area (Å²) in [7, 11) is 0. The minimum absolute atomic E-state index is 0.0455. The van der Waals surface area contributed by atoms with E-state index in [0.29, 0.717) is 26.3 Å². The molecule has 0 bridgehead atoms. The molecular formula is C19H21NO3. The molecule has 1 amide bonds. The van der Waals surface area contributed by atoms with Gasteiger partial charge in [0.05, 0.1) is 25.2 Å². The summed E-state index contributed by atoms with van der Waals surface area (Å²) >= 11 is 0. The van der Waals surface area contributed by atoms with Gasteiger partial charge in [-0.1, -0.05) is 60.7 Å². The minimum atomic E-state index is -0.867. The fraction of sp³-hybridized carbons (Fsp3) is 0.316. The van der Waals surface area contributed by atoms with Gasteiger partial charge in [0.25, 0.3) is 0 Å². The summed E-state index contributed by atoms with van der Waals surface area (Å²) in [5, 5.41) is 10.9. The van der Waals surface area contributed by atoms with Crippen LogP contribution in [0.4, 0.5) is 0 Å². The van der Waals surface area contributed by atoms with Crippen LogP contribution >= 0.6 is 0 Å². The van der Waals surface area contributed by atoms with Crippen LogP contribution in [0.5, 0.6) is 0 Å². The molecule has 1 fully saturated rings. The van der Waals surface area contributed by atoms with E-state index in [1.165, 1.54) is 0 Å². The summed E-state index contributed by atoms with van der Waals surface area (Å²) in [6.07, 6.45) is -0.867. The van der Waals surface area contributed by atoms with Crippen LogP contribution in [0, 0.1) is 0 Å². The summed E-state index contributed by atoms with van der Waals surface area (Å²) in [5.41, 5.74) is 1.59.